The van der Waals surface area contributed by atoms with Gasteiger partial charge in [0, 0.05) is 25.6 Å². The smallest absolute Gasteiger partial charge is 0.241 e. The Bertz CT molecular complexity index is 786. The third kappa shape index (κ3) is 4.17. The molecule has 2 N–H and O–H groups in total. The van der Waals surface area contributed by atoms with Crippen LogP contribution in [0.25, 0.3) is 0 Å². The predicted octanol–water partition coefficient (Wildman–Crippen LogP) is 1.91. The number of nitrogens with zero attached hydrogens (tertiary/aromatic N) is 3. The summed E-state index contributed by atoms with van der Waals surface area (Å²) in [5.41, 5.74) is 7.24. The molecule has 2 saturated heterocycles. The molecule has 0 saturated carbocycles. The van der Waals surface area contributed by atoms with E-state index in [-0.39, 0.29) is 23.8 Å². The number of halogens is 1. The molecule has 2 unspecified atom stereocenters. The van der Waals surface area contributed by atoms with E-state index in [0.29, 0.717) is 24.1 Å². The van der Waals surface area contributed by atoms with Crippen LogP contribution in [-0.2, 0) is 11.2 Å². The van der Waals surface area contributed by atoms with Gasteiger partial charge < -0.3 is 9.42 Å². The van der Waals surface area contributed by atoms with E-state index in [1.54, 1.807) is 12.1 Å². The Morgan fingerprint density at radius 3 is 2.67 bits per heavy atom. The van der Waals surface area contributed by atoms with Gasteiger partial charge in [-0.25, -0.2) is 15.2 Å². The zero-order valence-corrected chi connectivity index (χ0v) is 15.3. The number of benzene rings is 1. The number of carbonyl (C=O) groups excluding carboxylic acids is 1. The molecule has 7 nitrogen and oxygen atoms in total. The highest BCUT2D eigenvalue weighted by Crippen LogP contribution is 2.26. The molecule has 3 heterocycles. The average molecular weight is 373 g/mol. The Morgan fingerprint density at radius 2 is 2.00 bits per heavy atom. The largest absolute Gasteiger partial charge is 0.341 e. The van der Waals surface area contributed by atoms with E-state index in [0.717, 1.165) is 37.9 Å². The molecule has 2 aliphatic heterocycles. The third-order valence-electron chi connectivity index (χ3n) is 5.43. The monoisotopic (exact) mass is 373 g/mol. The van der Waals surface area contributed by atoms with Gasteiger partial charge in [-0.1, -0.05) is 17.3 Å². The fraction of sp³-hybridized carbons (Fsp3) is 0.526. The van der Waals surface area contributed by atoms with Crippen molar-refractivity contribution in [3.63, 3.8) is 0 Å². The minimum atomic E-state index is -0.254. The number of rotatable bonds is 4. The number of hydrogen-bond donors (Lipinski definition) is 2. The van der Waals surface area contributed by atoms with Crippen LogP contribution in [0.5, 0.6) is 0 Å². The van der Waals surface area contributed by atoms with Crippen LogP contribution in [0.2, 0.25) is 0 Å². The van der Waals surface area contributed by atoms with E-state index in [2.05, 4.69) is 21.0 Å². The molecule has 8 heteroatoms. The lowest BCUT2D eigenvalue weighted by Gasteiger charge is -2.33. The van der Waals surface area contributed by atoms with Crippen molar-refractivity contribution in [1.29, 1.82) is 0 Å². The zero-order valence-electron chi connectivity index (χ0n) is 15.3. The first-order valence-corrected chi connectivity index (χ1v) is 9.43. The SMILES string of the molecule is Cc1noc(CC2CCN(C(=O)C3CC(c4ccc(F)cc4)NN3)CC2)n1. The van der Waals surface area contributed by atoms with Crippen LogP contribution in [0.3, 0.4) is 0 Å². The topological polar surface area (TPSA) is 83.3 Å². The summed E-state index contributed by atoms with van der Waals surface area (Å²) in [6, 6.07) is 6.16. The molecule has 1 amide bonds. The van der Waals surface area contributed by atoms with Crippen LogP contribution < -0.4 is 10.9 Å². The van der Waals surface area contributed by atoms with Gasteiger partial charge in [0.25, 0.3) is 0 Å². The lowest BCUT2D eigenvalue weighted by molar-refractivity contribution is -0.134. The highest BCUT2D eigenvalue weighted by atomic mass is 19.1. The molecule has 1 aromatic heterocycles. The van der Waals surface area contributed by atoms with Gasteiger partial charge in [0.2, 0.25) is 11.8 Å². The summed E-state index contributed by atoms with van der Waals surface area (Å²) in [6.45, 7) is 3.31. The Hall–Kier alpha value is -2.32. The van der Waals surface area contributed by atoms with Gasteiger partial charge in [-0.15, -0.1) is 0 Å². The molecule has 2 aliphatic rings. The molecule has 0 bridgehead atoms. The highest BCUT2D eigenvalue weighted by molar-refractivity contribution is 5.82. The number of carbonyl (C=O) groups is 1. The maximum Gasteiger partial charge on any atom is 0.241 e. The van der Waals surface area contributed by atoms with Gasteiger partial charge in [-0.3, -0.25) is 4.79 Å². The van der Waals surface area contributed by atoms with Crippen molar-refractivity contribution in [1.82, 2.24) is 25.9 Å². The van der Waals surface area contributed by atoms with Crippen LogP contribution in [0.4, 0.5) is 4.39 Å². The Balaban J connectivity index is 1.27. The third-order valence-corrected chi connectivity index (χ3v) is 5.43. The van der Waals surface area contributed by atoms with E-state index in [4.69, 9.17) is 4.52 Å². The van der Waals surface area contributed by atoms with E-state index in [9.17, 15) is 9.18 Å². The summed E-state index contributed by atoms with van der Waals surface area (Å²) in [4.78, 5) is 19.0. The fourth-order valence-electron chi connectivity index (χ4n) is 3.88. The Morgan fingerprint density at radius 1 is 1.26 bits per heavy atom. The van der Waals surface area contributed by atoms with Crippen LogP contribution in [0, 0.1) is 18.7 Å². The zero-order chi connectivity index (χ0) is 18.8. The molecule has 1 aromatic carbocycles. The second-order valence-corrected chi connectivity index (χ2v) is 7.39. The highest BCUT2D eigenvalue weighted by Gasteiger charge is 2.34. The maximum atomic E-state index is 13.1. The normalized spacial score (nSPS) is 23.7. The Labute approximate surface area is 157 Å². The van der Waals surface area contributed by atoms with Gasteiger partial charge in [-0.05, 0) is 49.8 Å². The van der Waals surface area contributed by atoms with Crippen molar-refractivity contribution in [2.75, 3.05) is 13.1 Å². The average Bonchev–Trinajstić information content (AvgIpc) is 3.32. The van der Waals surface area contributed by atoms with Gasteiger partial charge in [0.15, 0.2) is 5.82 Å². The molecule has 0 aliphatic carbocycles. The quantitative estimate of drug-likeness (QED) is 0.852. The summed E-state index contributed by atoms with van der Waals surface area (Å²) in [5, 5.41) is 3.83. The van der Waals surface area contributed by atoms with Gasteiger partial charge in [-0.2, -0.15) is 4.98 Å². The predicted molar refractivity (Wildman–Crippen MR) is 95.9 cm³/mol. The van der Waals surface area contributed by atoms with Crippen LogP contribution in [-0.4, -0.2) is 40.1 Å². The number of amides is 1. The standard InChI is InChI=1S/C19H24FN5O2/c1-12-21-18(27-24-12)10-13-6-8-25(9-7-13)19(26)17-11-16(22-23-17)14-2-4-15(20)5-3-14/h2-5,13,16-17,22-23H,6-11H2,1H3. The lowest BCUT2D eigenvalue weighted by atomic mass is 9.93. The second-order valence-electron chi connectivity index (χ2n) is 7.39. The van der Waals surface area contributed by atoms with E-state index in [1.165, 1.54) is 12.1 Å². The van der Waals surface area contributed by atoms with Crippen molar-refractivity contribution in [3.05, 3.63) is 47.4 Å². The molecule has 27 heavy (non-hydrogen) atoms. The molecule has 0 spiro atoms. The number of hydrogen-bond acceptors (Lipinski definition) is 6. The number of aryl methyl sites for hydroxylation is 1. The molecule has 2 fully saturated rings. The first-order chi connectivity index (χ1) is 13.1. The summed E-state index contributed by atoms with van der Waals surface area (Å²) in [7, 11) is 0. The molecule has 0 radical (unpaired) electrons. The van der Waals surface area contributed by atoms with Gasteiger partial charge in [0.05, 0.1) is 0 Å². The lowest BCUT2D eigenvalue weighted by Crippen LogP contribution is -2.48. The van der Waals surface area contributed by atoms with Gasteiger partial charge in [0.1, 0.15) is 11.9 Å². The van der Waals surface area contributed by atoms with E-state index >= 15 is 0 Å². The molecular formula is C19H24FN5O2. The van der Waals surface area contributed by atoms with Crippen molar-refractivity contribution >= 4 is 5.91 Å². The van der Waals surface area contributed by atoms with Crippen molar-refractivity contribution in [2.24, 2.45) is 5.92 Å². The summed E-state index contributed by atoms with van der Waals surface area (Å²) >= 11 is 0. The molecular weight excluding hydrogens is 349 g/mol. The molecule has 2 aromatic rings. The Kier molecular flexibility index (Phi) is 5.18. The van der Waals surface area contributed by atoms with Crippen LogP contribution >= 0.6 is 0 Å². The molecule has 4 rings (SSSR count). The number of hydrazine groups is 1. The minimum Gasteiger partial charge on any atom is -0.341 e. The molecule has 2 atom stereocenters. The number of nitrogens with one attached hydrogen (secondary N) is 2. The van der Waals surface area contributed by atoms with E-state index in [1.807, 2.05) is 11.8 Å². The van der Waals surface area contributed by atoms with Crippen LogP contribution in [0.15, 0.2) is 28.8 Å². The summed E-state index contributed by atoms with van der Waals surface area (Å²) in [6.07, 6.45) is 3.31. The summed E-state index contributed by atoms with van der Waals surface area (Å²) < 4.78 is 18.3. The number of aromatic nitrogens is 2. The van der Waals surface area contributed by atoms with Crippen molar-refractivity contribution in [3.8, 4) is 0 Å². The second kappa shape index (κ2) is 7.74. The number of piperidine rings is 1. The first kappa shape index (κ1) is 18.1. The minimum absolute atomic E-state index is 0.0119. The maximum absolute atomic E-state index is 13.1. The van der Waals surface area contributed by atoms with Crippen molar-refractivity contribution < 1.29 is 13.7 Å². The summed E-state index contributed by atoms with van der Waals surface area (Å²) in [5.74, 6) is 1.68. The first-order valence-electron chi connectivity index (χ1n) is 9.43. The number of likely N-dealkylation sites (tertiary alicyclic amines) is 1. The van der Waals surface area contributed by atoms with Crippen molar-refractivity contribution in [2.45, 2.75) is 44.7 Å². The van der Waals surface area contributed by atoms with Gasteiger partial charge >= 0.3 is 0 Å². The van der Waals surface area contributed by atoms with Crippen LogP contribution in [0.1, 0.15) is 42.6 Å². The fourth-order valence-corrected chi connectivity index (χ4v) is 3.88. The van der Waals surface area contributed by atoms with E-state index < -0.39 is 0 Å². The molecule has 144 valence electrons.